The highest BCUT2D eigenvalue weighted by Gasteiger charge is 2.15. The number of hydrogen-bond donors (Lipinski definition) is 0. The second-order valence-corrected chi connectivity index (χ2v) is 6.88. The third-order valence-corrected chi connectivity index (χ3v) is 5.14. The minimum absolute atomic E-state index is 0.802. The van der Waals surface area contributed by atoms with Crippen molar-refractivity contribution in [3.8, 4) is 21.3 Å². The lowest BCUT2D eigenvalue weighted by molar-refractivity contribution is 0.971. The summed E-state index contributed by atoms with van der Waals surface area (Å²) in [4.78, 5) is 1.99. The maximum absolute atomic E-state index is 4.67. The van der Waals surface area contributed by atoms with Crippen LogP contribution in [0.4, 0.5) is 0 Å². The second kappa shape index (κ2) is 4.75. The van der Waals surface area contributed by atoms with Crippen molar-refractivity contribution in [1.29, 1.82) is 0 Å². The first-order chi connectivity index (χ1) is 10.2. The van der Waals surface area contributed by atoms with Crippen molar-refractivity contribution in [2.45, 2.75) is 13.8 Å². The van der Waals surface area contributed by atoms with Gasteiger partial charge < -0.3 is 0 Å². The first-order valence-electron chi connectivity index (χ1n) is 6.55. The minimum Gasteiger partial charge on any atom is -0.182 e. The van der Waals surface area contributed by atoms with E-state index in [1.165, 1.54) is 11.1 Å². The first-order valence-corrected chi connectivity index (χ1v) is 8.25. The lowest BCUT2D eigenvalue weighted by atomic mass is 10.1. The highest BCUT2D eigenvalue weighted by atomic mass is 32.1. The lowest BCUT2D eigenvalue weighted by Gasteiger charge is -2.01. The van der Waals surface area contributed by atoms with Crippen molar-refractivity contribution in [2.24, 2.45) is 0 Å². The number of thiophene rings is 1. The molecule has 104 valence electrons. The summed E-state index contributed by atoms with van der Waals surface area (Å²) in [6.07, 6.45) is 0. The summed E-state index contributed by atoms with van der Waals surface area (Å²) in [5.74, 6) is 0.802. The molecule has 0 amide bonds. The number of benzene rings is 1. The van der Waals surface area contributed by atoms with Gasteiger partial charge in [-0.3, -0.25) is 0 Å². The van der Waals surface area contributed by atoms with Gasteiger partial charge in [0.2, 0.25) is 4.96 Å². The smallest absolute Gasteiger partial charge is 0.182 e. The van der Waals surface area contributed by atoms with Gasteiger partial charge in [-0.25, -0.2) is 0 Å². The third kappa shape index (κ3) is 2.16. The van der Waals surface area contributed by atoms with E-state index in [-0.39, 0.29) is 0 Å². The van der Waals surface area contributed by atoms with E-state index in [0.29, 0.717) is 0 Å². The number of nitrogens with zero attached hydrogens (tertiary/aromatic N) is 4. The van der Waals surface area contributed by atoms with Gasteiger partial charge in [0.05, 0.1) is 4.88 Å². The van der Waals surface area contributed by atoms with E-state index in [9.17, 15) is 0 Å². The molecule has 0 aliphatic heterocycles. The van der Waals surface area contributed by atoms with Gasteiger partial charge in [0.1, 0.15) is 0 Å². The quantitative estimate of drug-likeness (QED) is 0.557. The van der Waals surface area contributed by atoms with Crippen LogP contribution in [-0.2, 0) is 0 Å². The Bertz CT molecular complexity index is 898. The van der Waals surface area contributed by atoms with Crippen LogP contribution in [0.1, 0.15) is 11.1 Å². The maximum Gasteiger partial charge on any atom is 0.235 e. The Labute approximate surface area is 129 Å². The number of fused-ring (bicyclic) bond motifs is 1. The van der Waals surface area contributed by atoms with E-state index >= 15 is 0 Å². The van der Waals surface area contributed by atoms with Crippen molar-refractivity contribution in [2.75, 3.05) is 0 Å². The fourth-order valence-corrected chi connectivity index (χ4v) is 4.03. The number of hydrogen-bond acceptors (Lipinski definition) is 5. The van der Waals surface area contributed by atoms with E-state index in [1.54, 1.807) is 22.7 Å². The average molecular weight is 312 g/mol. The predicted molar refractivity (Wildman–Crippen MR) is 86.9 cm³/mol. The number of aryl methyl sites for hydroxylation is 2. The molecule has 0 saturated carbocycles. The molecule has 0 N–H and O–H groups in total. The highest BCUT2D eigenvalue weighted by Crippen LogP contribution is 2.31. The van der Waals surface area contributed by atoms with Crippen molar-refractivity contribution >= 4 is 27.6 Å². The molecule has 4 aromatic rings. The standard InChI is InChI=1S/C15H12N4S2/c1-9-6-10(2)8-11(7-9)13-16-17-15-19(13)18-14(21-15)12-4-3-5-20-12/h3-8H,1-2H3. The van der Waals surface area contributed by atoms with Crippen LogP contribution in [0, 0.1) is 13.8 Å². The van der Waals surface area contributed by atoms with Gasteiger partial charge in [0, 0.05) is 5.56 Å². The topological polar surface area (TPSA) is 43.1 Å². The molecule has 4 nitrogen and oxygen atoms in total. The molecular formula is C15H12N4S2. The molecule has 4 rings (SSSR count). The third-order valence-electron chi connectivity index (χ3n) is 3.20. The van der Waals surface area contributed by atoms with Gasteiger partial charge in [0.15, 0.2) is 10.8 Å². The molecule has 0 aliphatic carbocycles. The molecule has 0 fully saturated rings. The van der Waals surface area contributed by atoms with Crippen LogP contribution in [-0.4, -0.2) is 19.8 Å². The second-order valence-electron chi connectivity index (χ2n) is 4.98. The molecule has 6 heteroatoms. The Balaban J connectivity index is 1.89. The molecule has 0 spiro atoms. The first kappa shape index (κ1) is 12.7. The van der Waals surface area contributed by atoms with E-state index in [0.717, 1.165) is 26.2 Å². The van der Waals surface area contributed by atoms with Crippen LogP contribution >= 0.6 is 22.7 Å². The molecule has 0 unspecified atom stereocenters. The Morgan fingerprint density at radius 3 is 2.57 bits per heavy atom. The van der Waals surface area contributed by atoms with Gasteiger partial charge in [-0.1, -0.05) is 34.6 Å². The maximum atomic E-state index is 4.67. The normalized spacial score (nSPS) is 11.3. The van der Waals surface area contributed by atoms with Gasteiger partial charge in [-0.15, -0.1) is 21.5 Å². The van der Waals surface area contributed by atoms with Gasteiger partial charge in [-0.2, -0.15) is 9.61 Å². The van der Waals surface area contributed by atoms with E-state index in [1.807, 2.05) is 10.6 Å². The minimum atomic E-state index is 0.802. The Kier molecular flexibility index (Phi) is 2.87. The van der Waals surface area contributed by atoms with Crippen LogP contribution < -0.4 is 0 Å². The molecule has 21 heavy (non-hydrogen) atoms. The predicted octanol–water partition coefficient (Wildman–Crippen LogP) is 4.20. The summed E-state index contributed by atoms with van der Waals surface area (Å²) in [6, 6.07) is 10.5. The zero-order chi connectivity index (χ0) is 14.4. The average Bonchev–Trinajstić information content (AvgIpc) is 3.13. The zero-order valence-corrected chi connectivity index (χ0v) is 13.2. The number of rotatable bonds is 2. The Morgan fingerprint density at radius 2 is 1.86 bits per heavy atom. The van der Waals surface area contributed by atoms with Crippen molar-refractivity contribution in [3.63, 3.8) is 0 Å². The molecule has 0 saturated heterocycles. The van der Waals surface area contributed by atoms with Crippen LogP contribution in [0.5, 0.6) is 0 Å². The van der Waals surface area contributed by atoms with Crippen LogP contribution in [0.15, 0.2) is 35.7 Å². The largest absolute Gasteiger partial charge is 0.235 e. The summed E-state index contributed by atoms with van der Waals surface area (Å²) < 4.78 is 1.84. The van der Waals surface area contributed by atoms with E-state index in [2.05, 4.69) is 58.8 Å². The monoisotopic (exact) mass is 312 g/mol. The fourth-order valence-electron chi connectivity index (χ4n) is 2.40. The fraction of sp³-hybridized carbons (Fsp3) is 0.133. The molecule has 0 atom stereocenters. The molecule has 1 aromatic carbocycles. The molecule has 0 radical (unpaired) electrons. The summed E-state index contributed by atoms with van der Waals surface area (Å²) in [6.45, 7) is 4.18. The van der Waals surface area contributed by atoms with Crippen molar-refractivity contribution < 1.29 is 0 Å². The van der Waals surface area contributed by atoms with Crippen LogP contribution in [0.2, 0.25) is 0 Å². The molecular weight excluding hydrogens is 300 g/mol. The van der Waals surface area contributed by atoms with Gasteiger partial charge in [0.25, 0.3) is 0 Å². The van der Waals surface area contributed by atoms with Crippen molar-refractivity contribution in [3.05, 3.63) is 46.8 Å². The summed E-state index contributed by atoms with van der Waals surface area (Å²) in [5.41, 5.74) is 3.49. The molecule has 0 aliphatic rings. The van der Waals surface area contributed by atoms with Crippen molar-refractivity contribution in [1.82, 2.24) is 19.8 Å². The zero-order valence-electron chi connectivity index (χ0n) is 11.6. The van der Waals surface area contributed by atoms with E-state index in [4.69, 9.17) is 0 Å². The van der Waals surface area contributed by atoms with Gasteiger partial charge >= 0.3 is 0 Å². The summed E-state index contributed by atoms with van der Waals surface area (Å²) in [7, 11) is 0. The SMILES string of the molecule is Cc1cc(C)cc(-c2nnc3sc(-c4cccs4)nn23)c1. The highest BCUT2D eigenvalue weighted by molar-refractivity contribution is 7.23. The van der Waals surface area contributed by atoms with Crippen LogP contribution in [0.25, 0.3) is 26.2 Å². The molecule has 0 bridgehead atoms. The lowest BCUT2D eigenvalue weighted by Crippen LogP contribution is -1.92. The Morgan fingerprint density at radius 1 is 1.05 bits per heavy atom. The Hall–Kier alpha value is -2.05. The van der Waals surface area contributed by atoms with E-state index < -0.39 is 0 Å². The van der Waals surface area contributed by atoms with Crippen LogP contribution in [0.3, 0.4) is 0 Å². The number of aromatic nitrogens is 4. The molecule has 3 heterocycles. The summed E-state index contributed by atoms with van der Waals surface area (Å²) in [5, 5.41) is 16.3. The molecule has 3 aromatic heterocycles. The summed E-state index contributed by atoms with van der Waals surface area (Å²) >= 11 is 3.26. The van der Waals surface area contributed by atoms with Gasteiger partial charge in [-0.05, 0) is 37.4 Å².